The summed E-state index contributed by atoms with van der Waals surface area (Å²) >= 11 is 1.29. The summed E-state index contributed by atoms with van der Waals surface area (Å²) in [5.41, 5.74) is 0.156. The molecule has 10 nitrogen and oxygen atoms in total. The highest BCUT2D eigenvalue weighted by Gasteiger charge is 2.25. The zero-order chi connectivity index (χ0) is 30.4. The molecule has 0 saturated carbocycles. The van der Waals surface area contributed by atoms with Crippen molar-refractivity contribution < 1.29 is 31.5 Å². The van der Waals surface area contributed by atoms with E-state index in [0.29, 0.717) is 47.2 Å². The van der Waals surface area contributed by atoms with Crippen LogP contribution in [0.4, 0.5) is 24.8 Å². The molecule has 0 aliphatic heterocycles. The number of halogens is 3. The van der Waals surface area contributed by atoms with E-state index in [9.17, 15) is 22.0 Å². The van der Waals surface area contributed by atoms with Gasteiger partial charge in [-0.1, -0.05) is 19.9 Å². The Balaban J connectivity index is 1.65. The molecule has 4 N–H and O–H groups in total. The van der Waals surface area contributed by atoms with Crippen molar-refractivity contribution in [1.82, 2.24) is 20.3 Å². The monoisotopic (exact) mass is 620 g/mol. The summed E-state index contributed by atoms with van der Waals surface area (Å²) in [5.74, 6) is -3.32. The summed E-state index contributed by atoms with van der Waals surface area (Å²) in [6, 6.07) is 7.60. The summed E-state index contributed by atoms with van der Waals surface area (Å²) in [5, 5.41) is 15.0. The summed E-state index contributed by atoms with van der Waals surface area (Å²) in [6.07, 6.45) is 2.06. The molecular weight excluding hydrogens is 593 g/mol. The second-order valence-electron chi connectivity index (χ2n) is 9.29. The van der Waals surface area contributed by atoms with E-state index in [1.807, 2.05) is 18.6 Å². The lowest BCUT2D eigenvalue weighted by Gasteiger charge is -2.12. The number of rotatable bonds is 12. The number of amides is 1. The number of nitrogens with one attached hydrogen (secondary N) is 3. The smallest absolute Gasteiger partial charge is 0.265 e. The average molecular weight is 621 g/mol. The molecule has 0 fully saturated rings. The van der Waals surface area contributed by atoms with Crippen LogP contribution in [0.5, 0.6) is 0 Å². The fraction of sp³-hybridized carbons (Fsp3) is 0.259. The second kappa shape index (κ2) is 13.3. The number of anilines is 2. The van der Waals surface area contributed by atoms with Crippen LogP contribution in [0.1, 0.15) is 31.2 Å². The quantitative estimate of drug-likeness (QED) is 0.169. The van der Waals surface area contributed by atoms with Crippen LogP contribution in [0, 0.1) is 17.5 Å². The molecule has 4 rings (SSSR count). The van der Waals surface area contributed by atoms with Crippen molar-refractivity contribution in [2.75, 3.05) is 29.7 Å². The second-order valence-corrected chi connectivity index (χ2v) is 12.0. The third-order valence-corrected chi connectivity index (χ3v) is 8.57. The van der Waals surface area contributed by atoms with Crippen molar-refractivity contribution in [1.29, 1.82) is 0 Å². The Hall–Kier alpha value is -4.08. The Morgan fingerprint density at radius 3 is 2.60 bits per heavy atom. The third-order valence-electron chi connectivity index (χ3n) is 5.81. The molecule has 0 aliphatic rings. The molecule has 222 valence electrons. The zero-order valence-corrected chi connectivity index (χ0v) is 24.1. The van der Waals surface area contributed by atoms with Crippen molar-refractivity contribution in [3.8, 4) is 21.8 Å². The Bertz CT molecular complexity index is 1700. The number of aliphatic hydroxyl groups is 1. The molecule has 4 aromatic rings. The molecule has 15 heteroatoms. The van der Waals surface area contributed by atoms with Crippen LogP contribution < -0.4 is 15.4 Å². The Kier molecular flexibility index (Phi) is 9.75. The van der Waals surface area contributed by atoms with E-state index in [0.717, 1.165) is 6.07 Å². The first-order chi connectivity index (χ1) is 20.0. The van der Waals surface area contributed by atoms with E-state index in [2.05, 4.69) is 25.6 Å². The molecule has 0 aliphatic carbocycles. The summed E-state index contributed by atoms with van der Waals surface area (Å²) < 4.78 is 71.4. The van der Waals surface area contributed by atoms with E-state index in [1.165, 1.54) is 35.7 Å². The number of carbonyl (C=O) groups is 1. The Labute approximate surface area is 244 Å². The predicted molar refractivity (Wildman–Crippen MR) is 153 cm³/mol. The van der Waals surface area contributed by atoms with Gasteiger partial charge in [-0.15, -0.1) is 11.3 Å². The molecule has 2 aromatic carbocycles. The van der Waals surface area contributed by atoms with Crippen LogP contribution in [0.15, 0.2) is 53.6 Å². The number of aromatic nitrogens is 3. The molecule has 1 amide bonds. The number of hydrogen-bond acceptors (Lipinski definition) is 9. The molecule has 42 heavy (non-hydrogen) atoms. The Morgan fingerprint density at radius 2 is 1.86 bits per heavy atom. The minimum Gasteiger partial charge on any atom is -0.387 e. The van der Waals surface area contributed by atoms with Crippen LogP contribution >= 0.6 is 11.3 Å². The van der Waals surface area contributed by atoms with E-state index < -0.39 is 50.6 Å². The fourth-order valence-electron chi connectivity index (χ4n) is 3.76. The van der Waals surface area contributed by atoms with Gasteiger partial charge in [-0.25, -0.2) is 36.5 Å². The van der Waals surface area contributed by atoms with Gasteiger partial charge in [0.05, 0.1) is 27.0 Å². The van der Waals surface area contributed by atoms with Gasteiger partial charge in [0, 0.05) is 30.8 Å². The summed E-state index contributed by atoms with van der Waals surface area (Å²) in [4.78, 5) is 24.1. The van der Waals surface area contributed by atoms with Gasteiger partial charge in [-0.2, -0.15) is 0 Å². The normalized spacial score (nSPS) is 11.5. The van der Waals surface area contributed by atoms with Crippen LogP contribution in [0.25, 0.3) is 21.8 Å². The molecule has 0 radical (unpaired) electrons. The molecule has 0 bridgehead atoms. The third kappa shape index (κ3) is 7.21. The minimum atomic E-state index is -4.67. The number of thiazole rings is 1. The molecule has 2 aromatic heterocycles. The Morgan fingerprint density at radius 1 is 1.07 bits per heavy atom. The van der Waals surface area contributed by atoms with Crippen LogP contribution in [0.2, 0.25) is 0 Å². The van der Waals surface area contributed by atoms with Gasteiger partial charge >= 0.3 is 0 Å². The molecular formula is C27H27F3N6O4S2. The van der Waals surface area contributed by atoms with E-state index >= 15 is 4.39 Å². The van der Waals surface area contributed by atoms with Gasteiger partial charge in [0.2, 0.25) is 11.9 Å². The van der Waals surface area contributed by atoms with Crippen LogP contribution in [-0.4, -0.2) is 54.1 Å². The van der Waals surface area contributed by atoms with Gasteiger partial charge in [-0.3, -0.25) is 9.52 Å². The number of aliphatic hydroxyl groups excluding tert-OH is 1. The van der Waals surface area contributed by atoms with Gasteiger partial charge in [0.25, 0.3) is 10.0 Å². The van der Waals surface area contributed by atoms with E-state index in [1.54, 1.807) is 6.07 Å². The zero-order valence-electron chi connectivity index (χ0n) is 22.5. The predicted octanol–water partition coefficient (Wildman–Crippen LogP) is 4.52. The highest BCUT2D eigenvalue weighted by atomic mass is 32.2. The van der Waals surface area contributed by atoms with Crippen molar-refractivity contribution in [3.63, 3.8) is 0 Å². The number of carbonyl (C=O) groups excluding carboxylic acids is 1. The summed E-state index contributed by atoms with van der Waals surface area (Å²) in [7, 11) is -4.67. The fourth-order valence-corrected chi connectivity index (χ4v) is 5.96. The van der Waals surface area contributed by atoms with Crippen molar-refractivity contribution >= 4 is 38.9 Å². The first-order valence-corrected chi connectivity index (χ1v) is 15.0. The van der Waals surface area contributed by atoms with Gasteiger partial charge in [-0.05, 0) is 42.8 Å². The lowest BCUT2D eigenvalue weighted by atomic mass is 10.1. The summed E-state index contributed by atoms with van der Waals surface area (Å²) in [6.45, 7) is 4.01. The van der Waals surface area contributed by atoms with Crippen molar-refractivity contribution in [2.45, 2.75) is 31.1 Å². The lowest BCUT2D eigenvalue weighted by molar-refractivity contribution is -0.123. The molecule has 0 saturated heterocycles. The number of benzene rings is 2. The van der Waals surface area contributed by atoms with Gasteiger partial charge in [0.15, 0.2) is 5.82 Å². The number of nitrogens with zero attached hydrogens (tertiary/aromatic N) is 3. The molecule has 0 atom stereocenters. The minimum absolute atomic E-state index is 0.0169. The largest absolute Gasteiger partial charge is 0.387 e. The van der Waals surface area contributed by atoms with E-state index in [4.69, 9.17) is 5.11 Å². The van der Waals surface area contributed by atoms with Crippen molar-refractivity contribution in [2.24, 2.45) is 0 Å². The molecule has 0 spiro atoms. The molecule has 0 unspecified atom stereocenters. The number of sulfonamides is 1. The maximum atomic E-state index is 15.9. The highest BCUT2D eigenvalue weighted by Crippen LogP contribution is 2.40. The maximum absolute atomic E-state index is 15.9. The van der Waals surface area contributed by atoms with Crippen LogP contribution in [-0.2, 0) is 14.8 Å². The topological polar surface area (TPSA) is 146 Å². The first kappa shape index (κ1) is 30.9. The average Bonchev–Trinajstić information content (AvgIpc) is 3.41. The molecule has 2 heterocycles. The van der Waals surface area contributed by atoms with E-state index in [-0.39, 0.29) is 23.1 Å². The maximum Gasteiger partial charge on any atom is 0.265 e. The van der Waals surface area contributed by atoms with Gasteiger partial charge < -0.3 is 15.7 Å². The van der Waals surface area contributed by atoms with Crippen molar-refractivity contribution in [3.05, 3.63) is 71.1 Å². The first-order valence-electron chi connectivity index (χ1n) is 12.7. The SMILES string of the molecule is CC(C)c1nc(-c2cccc(NS(=O)(=O)c3cc(F)ccc3F)c2F)c(-c2ccnc(NCCCNC(=O)CO)n2)s1. The van der Waals surface area contributed by atoms with Gasteiger partial charge in [0.1, 0.15) is 23.1 Å². The highest BCUT2D eigenvalue weighted by molar-refractivity contribution is 7.92. The lowest BCUT2D eigenvalue weighted by Crippen LogP contribution is -2.28. The number of hydrogen-bond donors (Lipinski definition) is 4. The van der Waals surface area contributed by atoms with Crippen LogP contribution in [0.3, 0.4) is 0 Å². The standard InChI is InChI=1S/C27H27F3N6O4S2/c1-15(2)26-35-24(25(41-26)20-9-12-33-27(34-20)32-11-4-10-31-22(38)14-37)17-5-3-6-19(23(17)30)36-42(39,40)21-13-16(28)7-8-18(21)29/h3,5-9,12-13,15,36-37H,4,10-11,14H2,1-2H3,(H,31,38)(H,32,33,34).